The highest BCUT2D eigenvalue weighted by Crippen LogP contribution is 2.42. The molecule has 14 heteroatoms. The summed E-state index contributed by atoms with van der Waals surface area (Å²) in [4.78, 5) is 39.0. The van der Waals surface area contributed by atoms with E-state index in [0.29, 0.717) is 11.3 Å². The van der Waals surface area contributed by atoms with Crippen LogP contribution in [0.15, 0.2) is 91.3 Å². The number of nitrogens with one attached hydrogen (secondary N) is 1. The van der Waals surface area contributed by atoms with Crippen molar-refractivity contribution in [1.82, 2.24) is 25.1 Å². The minimum Gasteiger partial charge on any atom is -0.392 e. The lowest BCUT2D eigenvalue weighted by Crippen LogP contribution is -2.51. The fourth-order valence-electron chi connectivity index (χ4n) is 7.69. The minimum atomic E-state index is -5.03. The maximum Gasteiger partial charge on any atom is 0.471 e. The Morgan fingerprint density at radius 2 is 1.56 bits per heavy atom. The predicted molar refractivity (Wildman–Crippen MR) is 198 cm³/mol. The van der Waals surface area contributed by atoms with Gasteiger partial charge < -0.3 is 29.7 Å². The zero-order valence-corrected chi connectivity index (χ0v) is 30.6. The molecule has 3 aliphatic heterocycles. The number of carbonyl (C=O) groups excluding carboxylic acids is 2. The number of ether oxygens (including phenoxy) is 2. The zero-order valence-electron chi connectivity index (χ0n) is 30.6. The van der Waals surface area contributed by atoms with Crippen molar-refractivity contribution in [2.24, 2.45) is 5.92 Å². The van der Waals surface area contributed by atoms with Gasteiger partial charge in [0.05, 0.1) is 18.8 Å². The van der Waals surface area contributed by atoms with Gasteiger partial charge in [-0.05, 0) is 46.7 Å². The maximum absolute atomic E-state index is 13.1. The number of hydrogen-bond donors (Lipinski definition) is 2. The molecule has 0 spiro atoms. The van der Waals surface area contributed by atoms with E-state index in [1.807, 2.05) is 78.9 Å². The molecule has 3 aliphatic rings. The first-order chi connectivity index (χ1) is 26.6. The summed E-state index contributed by atoms with van der Waals surface area (Å²) in [5.41, 5.74) is 5.17. The van der Waals surface area contributed by atoms with Gasteiger partial charge in [-0.25, -0.2) is 9.97 Å². The van der Waals surface area contributed by atoms with Crippen molar-refractivity contribution in [1.29, 1.82) is 0 Å². The molecular weight excluding hydrogens is 713 g/mol. The summed E-state index contributed by atoms with van der Waals surface area (Å²) >= 11 is 0. The van der Waals surface area contributed by atoms with Gasteiger partial charge in [-0.1, -0.05) is 79.7 Å². The molecule has 1 aromatic heterocycles. The number of aromatic nitrogens is 2. The number of hydrogen-bond acceptors (Lipinski definition) is 9. The molecule has 2 amide bonds. The van der Waals surface area contributed by atoms with Crippen molar-refractivity contribution in [3.05, 3.63) is 114 Å². The molecule has 0 unspecified atom stereocenters. The largest absolute Gasteiger partial charge is 0.471 e. The van der Waals surface area contributed by atoms with E-state index in [1.165, 1.54) is 0 Å². The number of carbonyl (C=O) groups is 2. The number of rotatable bonds is 10. The van der Waals surface area contributed by atoms with Gasteiger partial charge in [-0.3, -0.25) is 14.5 Å². The Morgan fingerprint density at radius 3 is 2.25 bits per heavy atom. The quantitative estimate of drug-likeness (QED) is 0.219. The first-order valence-corrected chi connectivity index (χ1v) is 18.7. The average molecular weight is 759 g/mol. The molecule has 0 aliphatic carbocycles. The molecule has 0 radical (unpaired) electrons. The first-order valence-electron chi connectivity index (χ1n) is 18.7. The van der Waals surface area contributed by atoms with Gasteiger partial charge in [0.2, 0.25) is 11.9 Å². The third-order valence-corrected chi connectivity index (χ3v) is 10.8. The van der Waals surface area contributed by atoms with Crippen LogP contribution >= 0.6 is 0 Å². The Balaban J connectivity index is 1.05. The molecule has 2 N–H and O–H groups in total. The van der Waals surface area contributed by atoms with Crippen molar-refractivity contribution in [3.8, 4) is 11.1 Å². The Hall–Kier alpha value is -4.89. The van der Waals surface area contributed by atoms with Crippen molar-refractivity contribution in [2.75, 3.05) is 44.2 Å². The number of halogens is 3. The van der Waals surface area contributed by atoms with E-state index in [2.05, 4.69) is 32.0 Å². The molecule has 0 bridgehead atoms. The summed E-state index contributed by atoms with van der Waals surface area (Å²) in [5.74, 6) is -1.84. The van der Waals surface area contributed by atoms with Crippen LogP contribution < -0.4 is 10.2 Å². The Morgan fingerprint density at radius 1 is 0.873 bits per heavy atom. The summed E-state index contributed by atoms with van der Waals surface area (Å²) < 4.78 is 52.8. The van der Waals surface area contributed by atoms with Crippen LogP contribution in [-0.4, -0.2) is 94.3 Å². The van der Waals surface area contributed by atoms with E-state index in [0.717, 1.165) is 72.1 Å². The number of amides is 2. The molecular formula is C41H45F3N6O5. The fraction of sp³-hybridized carbons (Fsp3) is 0.415. The van der Waals surface area contributed by atoms with Crippen LogP contribution in [0.2, 0.25) is 0 Å². The number of alkyl halides is 3. The van der Waals surface area contributed by atoms with Gasteiger partial charge >= 0.3 is 12.1 Å². The summed E-state index contributed by atoms with van der Waals surface area (Å²) in [7, 11) is 0. The zero-order chi connectivity index (χ0) is 38.5. The molecule has 290 valence electrons. The molecule has 55 heavy (non-hydrogen) atoms. The summed E-state index contributed by atoms with van der Waals surface area (Å²) in [6, 6.07) is 23.8. The van der Waals surface area contributed by atoms with Crippen LogP contribution in [0.4, 0.5) is 19.1 Å². The minimum absolute atomic E-state index is 0.0240. The van der Waals surface area contributed by atoms with Crippen molar-refractivity contribution >= 4 is 17.8 Å². The number of aliphatic hydroxyl groups excluding tert-OH is 1. The van der Waals surface area contributed by atoms with Crippen LogP contribution in [0.3, 0.4) is 0 Å². The second kappa shape index (κ2) is 16.9. The fourth-order valence-corrected chi connectivity index (χ4v) is 7.69. The Bertz CT molecular complexity index is 1910. The lowest BCUT2D eigenvalue weighted by molar-refractivity contribution is -0.276. The smallest absolute Gasteiger partial charge is 0.392 e. The third kappa shape index (κ3) is 8.83. The number of piperazine rings is 1. The molecule has 4 aromatic rings. The summed E-state index contributed by atoms with van der Waals surface area (Å²) in [5, 5.41) is 12.4. The molecule has 4 heterocycles. The second-order valence-electron chi connectivity index (χ2n) is 14.3. The molecule has 3 aromatic carbocycles. The number of aliphatic hydroxyl groups is 1. The normalized spacial score (nSPS) is 23.5. The van der Waals surface area contributed by atoms with Gasteiger partial charge in [0.1, 0.15) is 6.04 Å². The predicted octanol–water partition coefficient (Wildman–Crippen LogP) is 5.42. The highest BCUT2D eigenvalue weighted by Gasteiger charge is 2.47. The number of benzene rings is 3. The van der Waals surface area contributed by atoms with Crippen LogP contribution in [0, 0.1) is 5.92 Å². The molecule has 3 saturated heterocycles. The molecule has 3 fully saturated rings. The topological polar surface area (TPSA) is 120 Å². The van der Waals surface area contributed by atoms with Gasteiger partial charge in [-0.2, -0.15) is 13.2 Å². The van der Waals surface area contributed by atoms with E-state index in [1.54, 1.807) is 12.4 Å². The second-order valence-corrected chi connectivity index (χ2v) is 14.3. The van der Waals surface area contributed by atoms with Gasteiger partial charge in [0.25, 0.3) is 0 Å². The number of anilines is 1. The van der Waals surface area contributed by atoms with Crippen LogP contribution in [0.5, 0.6) is 0 Å². The SMILES string of the molecule is C[C@H]1[C@@H](CN2CCN(c3ncccn3)CC2)O[C@@H](c2ccc(-c3ccccc3CNC(=O)[C@@H]3CCCN3C(=O)C(F)(F)F)cc2)O[C@H]1c1ccc(CO)cc1. The standard InChI is InChI=1S/C41H45F3N6O5/c1-27-35(25-48-20-22-49(23-21-48)40-45-17-5-18-46-40)54-38(55-36(27)30-11-9-28(26-51)10-12-30)31-15-13-29(14-16-31)33-7-3-2-6-32(33)24-47-37(52)34-8-4-19-50(34)39(53)41(42,43)44/h2-3,5-7,9-18,27,34-36,38,51H,4,8,19-26H2,1H3,(H,47,52)/t27-,34-,35+,36+,38+/m0/s1. The van der Waals surface area contributed by atoms with Crippen LogP contribution in [-0.2, 0) is 32.2 Å². The van der Waals surface area contributed by atoms with Gasteiger partial charge in [-0.15, -0.1) is 0 Å². The Kier molecular flexibility index (Phi) is 11.8. The lowest BCUT2D eigenvalue weighted by atomic mass is 9.89. The van der Waals surface area contributed by atoms with Gasteiger partial charge in [0, 0.05) is 69.7 Å². The number of likely N-dealkylation sites (tertiary alicyclic amines) is 1. The highest BCUT2D eigenvalue weighted by atomic mass is 19.4. The summed E-state index contributed by atoms with van der Waals surface area (Å²) in [6.07, 6.45) is -2.07. The van der Waals surface area contributed by atoms with E-state index < -0.39 is 30.3 Å². The molecule has 11 nitrogen and oxygen atoms in total. The van der Waals surface area contributed by atoms with Crippen molar-refractivity contribution in [2.45, 2.75) is 63.6 Å². The van der Waals surface area contributed by atoms with Gasteiger partial charge in [0.15, 0.2) is 6.29 Å². The molecule has 5 atom stereocenters. The van der Waals surface area contributed by atoms with Crippen LogP contribution in [0.25, 0.3) is 11.1 Å². The lowest BCUT2D eigenvalue weighted by Gasteiger charge is -2.44. The first kappa shape index (κ1) is 38.4. The summed E-state index contributed by atoms with van der Waals surface area (Å²) in [6.45, 7) is 6.09. The molecule has 0 saturated carbocycles. The van der Waals surface area contributed by atoms with Crippen molar-refractivity contribution < 1.29 is 37.3 Å². The van der Waals surface area contributed by atoms with Crippen LogP contribution in [0.1, 0.15) is 54.4 Å². The Labute approximate surface area is 318 Å². The van der Waals surface area contributed by atoms with E-state index in [-0.39, 0.29) is 44.2 Å². The monoisotopic (exact) mass is 758 g/mol. The third-order valence-electron chi connectivity index (χ3n) is 10.8. The maximum atomic E-state index is 13.1. The highest BCUT2D eigenvalue weighted by molar-refractivity contribution is 5.90. The molecule has 7 rings (SSSR count). The van der Waals surface area contributed by atoms with Crippen molar-refractivity contribution in [3.63, 3.8) is 0 Å². The average Bonchev–Trinajstić information content (AvgIpc) is 3.71. The number of nitrogens with zero attached hydrogens (tertiary/aromatic N) is 5. The van der Waals surface area contributed by atoms with E-state index >= 15 is 0 Å². The van der Waals surface area contributed by atoms with E-state index in [4.69, 9.17) is 9.47 Å². The van der Waals surface area contributed by atoms with E-state index in [9.17, 15) is 27.9 Å².